The van der Waals surface area contributed by atoms with Gasteiger partial charge in [0.15, 0.2) is 0 Å². The molecule has 3 heteroatoms. The zero-order valence-electron chi connectivity index (χ0n) is 21.9. The predicted molar refractivity (Wildman–Crippen MR) is 134 cm³/mol. The van der Waals surface area contributed by atoms with Crippen molar-refractivity contribution in [2.45, 2.75) is 106 Å². The molecule has 0 saturated heterocycles. The second-order valence-electron chi connectivity index (χ2n) is 13.7. The molecule has 0 amide bonds. The van der Waals surface area contributed by atoms with E-state index in [9.17, 15) is 14.7 Å². The largest absolute Gasteiger partial charge is 0.481 e. The molecule has 0 aromatic carbocycles. The van der Waals surface area contributed by atoms with Gasteiger partial charge in [-0.2, -0.15) is 0 Å². The van der Waals surface area contributed by atoms with E-state index in [1.807, 2.05) is 0 Å². The quantitative estimate of drug-likeness (QED) is 0.343. The fourth-order valence-electron chi connectivity index (χ4n) is 9.52. The molecule has 184 valence electrons. The number of aldehydes is 1. The van der Waals surface area contributed by atoms with Gasteiger partial charge >= 0.3 is 5.97 Å². The van der Waals surface area contributed by atoms with Crippen molar-refractivity contribution in [3.63, 3.8) is 0 Å². The van der Waals surface area contributed by atoms with Crippen LogP contribution in [0.2, 0.25) is 0 Å². The number of carboxylic acids is 1. The van der Waals surface area contributed by atoms with Gasteiger partial charge in [0.25, 0.3) is 0 Å². The second-order valence-corrected chi connectivity index (χ2v) is 13.7. The van der Waals surface area contributed by atoms with Crippen molar-refractivity contribution in [2.75, 3.05) is 0 Å². The van der Waals surface area contributed by atoms with Crippen molar-refractivity contribution in [3.8, 4) is 0 Å². The van der Waals surface area contributed by atoms with Gasteiger partial charge in [-0.15, -0.1) is 0 Å². The van der Waals surface area contributed by atoms with E-state index in [1.54, 1.807) is 0 Å². The van der Waals surface area contributed by atoms with Gasteiger partial charge in [-0.3, -0.25) is 4.79 Å². The summed E-state index contributed by atoms with van der Waals surface area (Å²) in [4.78, 5) is 24.2. The molecule has 7 atom stereocenters. The lowest BCUT2D eigenvalue weighted by Gasteiger charge is -2.68. The molecule has 0 aromatic rings. The van der Waals surface area contributed by atoms with E-state index in [0.29, 0.717) is 18.3 Å². The number of carbonyl (C=O) groups excluding carboxylic acids is 1. The first-order chi connectivity index (χ1) is 15.3. The summed E-state index contributed by atoms with van der Waals surface area (Å²) in [6.45, 7) is 18.6. The van der Waals surface area contributed by atoms with Crippen LogP contribution in [0.15, 0.2) is 23.8 Å². The average Bonchev–Trinajstić information content (AvgIpc) is 2.72. The highest BCUT2D eigenvalue weighted by Gasteiger charge is 2.67. The molecule has 0 spiro atoms. The third-order valence-electron chi connectivity index (χ3n) is 11.7. The second kappa shape index (κ2) is 7.82. The van der Waals surface area contributed by atoms with Gasteiger partial charge < -0.3 is 9.90 Å². The van der Waals surface area contributed by atoms with E-state index in [2.05, 4.69) is 54.2 Å². The average molecular weight is 455 g/mol. The third kappa shape index (κ3) is 3.34. The smallest absolute Gasteiger partial charge is 0.310 e. The van der Waals surface area contributed by atoms with Crippen LogP contribution in [0.4, 0.5) is 0 Å². The summed E-state index contributed by atoms with van der Waals surface area (Å²) in [5, 5.41) is 10.5. The van der Waals surface area contributed by atoms with Crippen molar-refractivity contribution in [2.24, 2.45) is 44.8 Å². The summed E-state index contributed by atoms with van der Waals surface area (Å²) in [7, 11) is 0. The molecule has 0 aromatic heterocycles. The molecule has 1 unspecified atom stereocenters. The molecule has 0 heterocycles. The minimum absolute atomic E-state index is 0.0233. The molecule has 33 heavy (non-hydrogen) atoms. The number of fused-ring (bicyclic) bond motifs is 5. The number of carbonyl (C=O) groups is 2. The number of rotatable bonds is 5. The Morgan fingerprint density at radius 1 is 1.12 bits per heavy atom. The van der Waals surface area contributed by atoms with Crippen molar-refractivity contribution < 1.29 is 14.7 Å². The van der Waals surface area contributed by atoms with Gasteiger partial charge in [-0.1, -0.05) is 58.4 Å². The first-order valence-electron chi connectivity index (χ1n) is 13.3. The first-order valence-corrected chi connectivity index (χ1v) is 13.3. The van der Waals surface area contributed by atoms with E-state index >= 15 is 0 Å². The van der Waals surface area contributed by atoms with Crippen LogP contribution in [0.3, 0.4) is 0 Å². The topological polar surface area (TPSA) is 54.4 Å². The van der Waals surface area contributed by atoms with Crippen molar-refractivity contribution in [3.05, 3.63) is 23.8 Å². The van der Waals surface area contributed by atoms with Gasteiger partial charge in [-0.25, -0.2) is 0 Å². The van der Waals surface area contributed by atoms with E-state index < -0.39 is 11.4 Å². The van der Waals surface area contributed by atoms with Crippen LogP contribution < -0.4 is 0 Å². The van der Waals surface area contributed by atoms with E-state index in [-0.39, 0.29) is 27.6 Å². The molecule has 0 bridgehead atoms. The monoisotopic (exact) mass is 454 g/mol. The fourth-order valence-corrected chi connectivity index (χ4v) is 9.52. The number of carboxylic acid groups (broad SMARTS) is 1. The third-order valence-corrected chi connectivity index (χ3v) is 11.7. The maximum absolute atomic E-state index is 12.7. The van der Waals surface area contributed by atoms with Crippen LogP contribution in [0.25, 0.3) is 0 Å². The van der Waals surface area contributed by atoms with E-state index in [0.717, 1.165) is 64.1 Å². The molecule has 4 aliphatic rings. The number of allylic oxidation sites excluding steroid dienone is 3. The van der Waals surface area contributed by atoms with Crippen LogP contribution in [0.1, 0.15) is 106 Å². The Bertz CT molecular complexity index is 883. The SMILES string of the molecule is C=C(C)[C@@H]1CC[C@]2(C)[C@H](CC=C3C4CC(C)(C)CC[C@]4(C(=O)O)CC[C@]32C)[C@@]1(C)CCC=O. The minimum Gasteiger partial charge on any atom is -0.481 e. The van der Waals surface area contributed by atoms with Crippen molar-refractivity contribution in [1.29, 1.82) is 0 Å². The van der Waals surface area contributed by atoms with Gasteiger partial charge in [-0.05, 0) is 104 Å². The van der Waals surface area contributed by atoms with Crippen LogP contribution in [0, 0.1) is 44.8 Å². The van der Waals surface area contributed by atoms with Gasteiger partial charge in [0.2, 0.25) is 0 Å². The minimum atomic E-state index is -0.584. The predicted octanol–water partition coefficient (Wildman–Crippen LogP) is 7.61. The van der Waals surface area contributed by atoms with Gasteiger partial charge in [0.1, 0.15) is 6.29 Å². The van der Waals surface area contributed by atoms with Crippen LogP contribution in [-0.2, 0) is 9.59 Å². The fraction of sp³-hybridized carbons (Fsp3) is 0.800. The van der Waals surface area contributed by atoms with Crippen LogP contribution in [0.5, 0.6) is 0 Å². The molecule has 4 rings (SSSR count). The summed E-state index contributed by atoms with van der Waals surface area (Å²) < 4.78 is 0. The summed E-state index contributed by atoms with van der Waals surface area (Å²) in [6, 6.07) is 0. The van der Waals surface area contributed by atoms with Crippen LogP contribution >= 0.6 is 0 Å². The lowest BCUT2D eigenvalue weighted by atomic mass is 9.35. The number of hydrogen-bond acceptors (Lipinski definition) is 2. The molecule has 3 fully saturated rings. The zero-order valence-corrected chi connectivity index (χ0v) is 21.9. The molecular weight excluding hydrogens is 408 g/mol. The van der Waals surface area contributed by atoms with Gasteiger partial charge in [0, 0.05) is 6.42 Å². The highest BCUT2D eigenvalue weighted by molar-refractivity contribution is 5.76. The van der Waals surface area contributed by atoms with Gasteiger partial charge in [0.05, 0.1) is 5.41 Å². The maximum Gasteiger partial charge on any atom is 0.310 e. The lowest BCUT2D eigenvalue weighted by Crippen LogP contribution is -2.62. The Labute approximate surface area is 201 Å². The lowest BCUT2D eigenvalue weighted by molar-refractivity contribution is -0.171. The molecule has 0 aliphatic heterocycles. The Morgan fingerprint density at radius 2 is 1.79 bits per heavy atom. The zero-order chi connectivity index (χ0) is 24.4. The first kappa shape index (κ1) is 24.7. The highest BCUT2D eigenvalue weighted by atomic mass is 16.4. The van der Waals surface area contributed by atoms with Crippen molar-refractivity contribution in [1.82, 2.24) is 0 Å². The molecule has 3 saturated carbocycles. The Morgan fingerprint density at radius 3 is 2.39 bits per heavy atom. The molecule has 0 radical (unpaired) electrons. The number of aliphatic carboxylic acids is 1. The summed E-state index contributed by atoms with van der Waals surface area (Å²) in [5.74, 6) is 0.517. The van der Waals surface area contributed by atoms with E-state index in [4.69, 9.17) is 0 Å². The molecular formula is C30H46O3. The summed E-state index contributed by atoms with van der Waals surface area (Å²) in [6.07, 6.45) is 13.0. The molecule has 3 nitrogen and oxygen atoms in total. The Balaban J connectivity index is 1.82. The molecule has 4 aliphatic carbocycles. The normalized spacial score (nSPS) is 46.2. The maximum atomic E-state index is 12.7. The molecule has 1 N–H and O–H groups in total. The van der Waals surface area contributed by atoms with Crippen LogP contribution in [-0.4, -0.2) is 17.4 Å². The number of hydrogen-bond donors (Lipinski definition) is 1. The highest BCUT2D eigenvalue weighted by Crippen LogP contribution is 2.74. The Hall–Kier alpha value is -1.38. The summed E-state index contributed by atoms with van der Waals surface area (Å²) >= 11 is 0. The van der Waals surface area contributed by atoms with Crippen molar-refractivity contribution >= 4 is 12.3 Å². The standard InChI is InChI=1S/C30H46O3/c1-20(2)21-11-13-29(7)24(27(21,5)12-8-18-31)10-9-22-23-19-26(3,4)14-16-30(23,25(32)33)17-15-28(22,29)6/h9,18,21,23-24H,1,8,10-17,19H2,2-7H3,(H,32,33)/t21-,23?,24+,27-,28+,29+,30-/m0/s1. The van der Waals surface area contributed by atoms with E-state index in [1.165, 1.54) is 11.1 Å². The Kier molecular flexibility index (Phi) is 5.86. The summed E-state index contributed by atoms with van der Waals surface area (Å²) in [5.41, 5.74) is 2.53.